The van der Waals surface area contributed by atoms with Gasteiger partial charge in [-0.05, 0) is 64.5 Å². The fourth-order valence-electron chi connectivity index (χ4n) is 4.45. The summed E-state index contributed by atoms with van der Waals surface area (Å²) in [6, 6.07) is 0.382. The van der Waals surface area contributed by atoms with Crippen molar-refractivity contribution in [1.82, 2.24) is 4.90 Å². The molecule has 0 aromatic rings. The Bertz CT molecular complexity index is 258. The van der Waals surface area contributed by atoms with Gasteiger partial charge in [0.1, 0.15) is 0 Å². The number of likely N-dealkylation sites (N-methyl/N-ethyl adjacent to an activating group) is 1. The van der Waals surface area contributed by atoms with Crippen molar-refractivity contribution in [3.8, 4) is 0 Å². The zero-order valence-corrected chi connectivity index (χ0v) is 13.3. The van der Waals surface area contributed by atoms with E-state index in [0.29, 0.717) is 6.04 Å². The molecule has 0 amide bonds. The van der Waals surface area contributed by atoms with Gasteiger partial charge in [-0.2, -0.15) is 0 Å². The predicted molar refractivity (Wildman–Crippen MR) is 83.2 cm³/mol. The zero-order valence-electron chi connectivity index (χ0n) is 13.3. The predicted octanol–water partition coefficient (Wildman–Crippen LogP) is 3.79. The molecule has 0 bridgehead atoms. The summed E-state index contributed by atoms with van der Waals surface area (Å²) in [6.45, 7) is 2.40. The Kier molecular flexibility index (Phi) is 5.30. The highest BCUT2D eigenvalue weighted by molar-refractivity contribution is 5.02. The van der Waals surface area contributed by atoms with Crippen LogP contribution in [0.4, 0.5) is 0 Å². The van der Waals surface area contributed by atoms with E-state index in [2.05, 4.69) is 25.9 Å². The minimum absolute atomic E-state index is 0.279. The summed E-state index contributed by atoms with van der Waals surface area (Å²) in [4.78, 5) is 2.47. The van der Waals surface area contributed by atoms with Gasteiger partial charge in [0.2, 0.25) is 0 Å². The molecule has 19 heavy (non-hydrogen) atoms. The van der Waals surface area contributed by atoms with E-state index in [4.69, 9.17) is 5.73 Å². The van der Waals surface area contributed by atoms with Crippen LogP contribution in [0.2, 0.25) is 0 Å². The van der Waals surface area contributed by atoms with Gasteiger partial charge in [-0.25, -0.2) is 0 Å². The normalized spacial score (nSPS) is 36.2. The SMILES string of the molecule is CC1CCC(C(N)C2CCCCCC2)(N(C)C)CC1. The number of hydrogen-bond donors (Lipinski definition) is 1. The van der Waals surface area contributed by atoms with Crippen molar-refractivity contribution in [2.45, 2.75) is 82.7 Å². The van der Waals surface area contributed by atoms with E-state index in [0.717, 1.165) is 11.8 Å². The van der Waals surface area contributed by atoms with Crippen LogP contribution in [0.3, 0.4) is 0 Å². The Balaban J connectivity index is 2.09. The molecule has 0 heterocycles. The minimum atomic E-state index is 0.279. The first-order valence-electron chi connectivity index (χ1n) is 8.49. The highest BCUT2D eigenvalue weighted by atomic mass is 15.2. The van der Waals surface area contributed by atoms with Crippen LogP contribution >= 0.6 is 0 Å². The standard InChI is InChI=1S/C17H34N2/c1-14-10-12-17(13-11-14,19(2)3)16(18)15-8-6-4-5-7-9-15/h14-16H,4-13,18H2,1-3H3. The highest BCUT2D eigenvalue weighted by Gasteiger charge is 2.44. The maximum absolute atomic E-state index is 6.83. The summed E-state index contributed by atoms with van der Waals surface area (Å²) in [7, 11) is 4.51. The van der Waals surface area contributed by atoms with Crippen LogP contribution < -0.4 is 5.73 Å². The van der Waals surface area contributed by atoms with Crippen molar-refractivity contribution in [1.29, 1.82) is 0 Å². The molecule has 0 radical (unpaired) electrons. The van der Waals surface area contributed by atoms with Gasteiger partial charge in [0.15, 0.2) is 0 Å². The first-order chi connectivity index (χ1) is 9.06. The second-order valence-electron chi connectivity index (χ2n) is 7.46. The Hall–Kier alpha value is -0.0800. The fraction of sp³-hybridized carbons (Fsp3) is 1.00. The number of hydrogen-bond acceptors (Lipinski definition) is 2. The Labute approximate surface area is 120 Å². The Morgan fingerprint density at radius 3 is 1.95 bits per heavy atom. The van der Waals surface area contributed by atoms with Crippen LogP contribution in [0.5, 0.6) is 0 Å². The van der Waals surface area contributed by atoms with Gasteiger partial charge in [0.05, 0.1) is 0 Å². The molecule has 0 aromatic heterocycles. The maximum atomic E-state index is 6.83. The molecule has 2 N–H and O–H groups in total. The molecule has 2 rings (SSSR count). The molecule has 112 valence electrons. The van der Waals surface area contributed by atoms with E-state index in [1.165, 1.54) is 64.2 Å². The molecule has 2 nitrogen and oxygen atoms in total. The smallest absolute Gasteiger partial charge is 0.0357 e. The second kappa shape index (κ2) is 6.58. The molecule has 2 fully saturated rings. The molecular formula is C17H34N2. The number of rotatable bonds is 3. The largest absolute Gasteiger partial charge is 0.326 e. The van der Waals surface area contributed by atoms with E-state index in [1.807, 2.05) is 0 Å². The van der Waals surface area contributed by atoms with Crippen molar-refractivity contribution in [3.63, 3.8) is 0 Å². The van der Waals surface area contributed by atoms with Crippen molar-refractivity contribution >= 4 is 0 Å². The topological polar surface area (TPSA) is 29.3 Å². The summed E-state index contributed by atoms with van der Waals surface area (Å²) in [5, 5.41) is 0. The van der Waals surface area contributed by atoms with Gasteiger partial charge < -0.3 is 10.6 Å². The molecule has 1 unspecified atom stereocenters. The zero-order chi connectivity index (χ0) is 13.9. The average molecular weight is 266 g/mol. The molecule has 2 saturated carbocycles. The van der Waals surface area contributed by atoms with Gasteiger partial charge in [-0.3, -0.25) is 0 Å². The Morgan fingerprint density at radius 1 is 0.947 bits per heavy atom. The minimum Gasteiger partial charge on any atom is -0.326 e. The third kappa shape index (κ3) is 3.33. The average Bonchev–Trinajstić information content (AvgIpc) is 2.67. The lowest BCUT2D eigenvalue weighted by Gasteiger charge is -2.50. The van der Waals surface area contributed by atoms with E-state index in [1.54, 1.807) is 0 Å². The van der Waals surface area contributed by atoms with Crippen LogP contribution in [0.15, 0.2) is 0 Å². The van der Waals surface area contributed by atoms with Crippen LogP contribution in [-0.2, 0) is 0 Å². The summed E-state index contributed by atoms with van der Waals surface area (Å²) in [5.41, 5.74) is 7.11. The number of nitrogens with two attached hydrogens (primary N) is 1. The van der Waals surface area contributed by atoms with Gasteiger partial charge in [-0.15, -0.1) is 0 Å². The van der Waals surface area contributed by atoms with Crippen molar-refractivity contribution in [2.75, 3.05) is 14.1 Å². The van der Waals surface area contributed by atoms with Gasteiger partial charge in [0.25, 0.3) is 0 Å². The third-order valence-electron chi connectivity index (χ3n) is 6.06. The van der Waals surface area contributed by atoms with Crippen molar-refractivity contribution in [2.24, 2.45) is 17.6 Å². The lowest BCUT2D eigenvalue weighted by atomic mass is 9.68. The van der Waals surface area contributed by atoms with Crippen LogP contribution in [-0.4, -0.2) is 30.6 Å². The third-order valence-corrected chi connectivity index (χ3v) is 6.06. The maximum Gasteiger partial charge on any atom is 0.0357 e. The van der Waals surface area contributed by atoms with Crippen LogP contribution in [0.1, 0.15) is 71.1 Å². The van der Waals surface area contributed by atoms with Gasteiger partial charge in [-0.1, -0.05) is 32.6 Å². The van der Waals surface area contributed by atoms with Crippen molar-refractivity contribution in [3.05, 3.63) is 0 Å². The van der Waals surface area contributed by atoms with Crippen LogP contribution in [0, 0.1) is 11.8 Å². The molecule has 0 spiro atoms. The first kappa shape index (κ1) is 15.3. The highest BCUT2D eigenvalue weighted by Crippen LogP contribution is 2.41. The summed E-state index contributed by atoms with van der Waals surface area (Å²) >= 11 is 0. The number of nitrogens with zero attached hydrogens (tertiary/aromatic N) is 1. The van der Waals surface area contributed by atoms with E-state index >= 15 is 0 Å². The lowest BCUT2D eigenvalue weighted by molar-refractivity contribution is 0.0333. The van der Waals surface area contributed by atoms with E-state index in [-0.39, 0.29) is 5.54 Å². The van der Waals surface area contributed by atoms with Crippen molar-refractivity contribution < 1.29 is 0 Å². The fourth-order valence-corrected chi connectivity index (χ4v) is 4.45. The van der Waals surface area contributed by atoms with Crippen LogP contribution in [0.25, 0.3) is 0 Å². The molecule has 2 heteroatoms. The Morgan fingerprint density at radius 2 is 1.47 bits per heavy atom. The lowest BCUT2D eigenvalue weighted by Crippen LogP contribution is -2.61. The monoisotopic (exact) mass is 266 g/mol. The molecular weight excluding hydrogens is 232 g/mol. The summed E-state index contributed by atoms with van der Waals surface area (Å²) in [6.07, 6.45) is 13.7. The van der Waals surface area contributed by atoms with E-state index < -0.39 is 0 Å². The molecule has 0 aliphatic heterocycles. The van der Waals surface area contributed by atoms with Gasteiger partial charge in [0, 0.05) is 11.6 Å². The second-order valence-corrected chi connectivity index (χ2v) is 7.46. The molecule has 1 atom stereocenters. The molecule has 0 aromatic carbocycles. The molecule has 2 aliphatic carbocycles. The molecule has 2 aliphatic rings. The van der Waals surface area contributed by atoms with E-state index in [9.17, 15) is 0 Å². The van der Waals surface area contributed by atoms with Gasteiger partial charge >= 0.3 is 0 Å². The first-order valence-corrected chi connectivity index (χ1v) is 8.49. The quantitative estimate of drug-likeness (QED) is 0.787. The molecule has 0 saturated heterocycles. The summed E-state index contributed by atoms with van der Waals surface area (Å²) < 4.78 is 0. The summed E-state index contributed by atoms with van der Waals surface area (Å²) in [5.74, 6) is 1.66.